The Morgan fingerprint density at radius 2 is 1.92 bits per heavy atom. The molecular weight excluding hydrogens is 354 g/mol. The highest BCUT2D eigenvalue weighted by molar-refractivity contribution is 7.89. The molecule has 8 nitrogen and oxygen atoms in total. The summed E-state index contributed by atoms with van der Waals surface area (Å²) in [4.78, 5) is 4.62. The zero-order chi connectivity index (χ0) is 19.6. The molecule has 0 aliphatic heterocycles. The van der Waals surface area contributed by atoms with Gasteiger partial charge in [-0.15, -0.1) is 0 Å². The SMILES string of the molecule is CCNC(=NCc1c(CC)noc1CC)NCCCN(C)S(=O)(=O)CC. The van der Waals surface area contributed by atoms with Crippen molar-refractivity contribution >= 4 is 16.0 Å². The summed E-state index contributed by atoms with van der Waals surface area (Å²) in [6.45, 7) is 10.1. The average Bonchev–Trinajstić information content (AvgIpc) is 3.04. The number of aryl methyl sites for hydroxylation is 2. The van der Waals surface area contributed by atoms with Gasteiger partial charge in [-0.1, -0.05) is 19.0 Å². The first kappa shape index (κ1) is 22.4. The monoisotopic (exact) mass is 387 g/mol. The standard InChI is InChI=1S/C17H33N5O3S/c1-6-15-14(16(7-2)25-21-15)13-20-17(18-8-3)19-11-10-12-22(5)26(23,24)9-4/h6-13H2,1-5H3,(H2,18,19,20). The molecule has 0 unspecified atom stereocenters. The van der Waals surface area contributed by atoms with Gasteiger partial charge in [-0.25, -0.2) is 17.7 Å². The zero-order valence-corrected chi connectivity index (χ0v) is 17.4. The third-order valence-electron chi connectivity index (χ3n) is 4.13. The van der Waals surface area contributed by atoms with E-state index in [1.54, 1.807) is 14.0 Å². The molecule has 0 atom stereocenters. The van der Waals surface area contributed by atoms with E-state index in [0.29, 0.717) is 32.0 Å². The second-order valence-electron chi connectivity index (χ2n) is 5.94. The molecule has 0 saturated heterocycles. The molecule has 0 saturated carbocycles. The molecule has 1 rings (SSSR count). The van der Waals surface area contributed by atoms with Crippen molar-refractivity contribution in [1.82, 2.24) is 20.1 Å². The summed E-state index contributed by atoms with van der Waals surface area (Å²) >= 11 is 0. The van der Waals surface area contributed by atoms with Crippen LogP contribution < -0.4 is 10.6 Å². The molecule has 0 radical (unpaired) electrons. The molecule has 0 aliphatic rings. The number of nitrogens with zero attached hydrogens (tertiary/aromatic N) is 3. The first-order chi connectivity index (χ1) is 12.4. The van der Waals surface area contributed by atoms with Crippen LogP contribution in [0.15, 0.2) is 9.52 Å². The molecule has 1 aromatic rings. The van der Waals surface area contributed by atoms with E-state index < -0.39 is 10.0 Å². The lowest BCUT2D eigenvalue weighted by Gasteiger charge is -2.16. The van der Waals surface area contributed by atoms with Gasteiger partial charge in [0.05, 0.1) is 18.0 Å². The molecule has 0 aromatic carbocycles. The van der Waals surface area contributed by atoms with Gasteiger partial charge in [0.1, 0.15) is 5.76 Å². The van der Waals surface area contributed by atoms with Gasteiger partial charge in [-0.05, 0) is 26.7 Å². The van der Waals surface area contributed by atoms with Crippen LogP contribution in [0.2, 0.25) is 0 Å². The third-order valence-corrected chi connectivity index (χ3v) is 5.99. The van der Waals surface area contributed by atoms with Crippen LogP contribution >= 0.6 is 0 Å². The highest BCUT2D eigenvalue weighted by Crippen LogP contribution is 2.16. The number of nitrogens with one attached hydrogen (secondary N) is 2. The highest BCUT2D eigenvalue weighted by atomic mass is 32.2. The number of aromatic nitrogens is 1. The van der Waals surface area contributed by atoms with Crippen molar-refractivity contribution in [3.05, 3.63) is 17.0 Å². The Bertz CT molecular complexity index is 648. The number of aliphatic imine (C=N–C) groups is 1. The molecular formula is C17H33N5O3S. The van der Waals surface area contributed by atoms with Gasteiger partial charge in [0, 0.05) is 38.7 Å². The van der Waals surface area contributed by atoms with E-state index in [4.69, 9.17) is 4.52 Å². The minimum absolute atomic E-state index is 0.124. The van der Waals surface area contributed by atoms with Crippen LogP contribution in [-0.4, -0.2) is 56.3 Å². The zero-order valence-electron chi connectivity index (χ0n) is 16.6. The third kappa shape index (κ3) is 6.60. The maximum Gasteiger partial charge on any atom is 0.213 e. The Morgan fingerprint density at radius 1 is 1.19 bits per heavy atom. The van der Waals surface area contributed by atoms with Crippen molar-refractivity contribution in [3.63, 3.8) is 0 Å². The van der Waals surface area contributed by atoms with Crippen LogP contribution in [0, 0.1) is 0 Å². The molecule has 0 aliphatic carbocycles. The molecule has 2 N–H and O–H groups in total. The second kappa shape index (κ2) is 11.2. The Kier molecular flexibility index (Phi) is 9.64. The molecule has 9 heteroatoms. The van der Waals surface area contributed by atoms with Crippen LogP contribution in [-0.2, 0) is 29.4 Å². The van der Waals surface area contributed by atoms with Gasteiger partial charge in [0.15, 0.2) is 5.96 Å². The van der Waals surface area contributed by atoms with Gasteiger partial charge in [-0.3, -0.25) is 0 Å². The van der Waals surface area contributed by atoms with Gasteiger partial charge < -0.3 is 15.2 Å². The van der Waals surface area contributed by atoms with Crippen molar-refractivity contribution in [2.45, 2.75) is 53.5 Å². The van der Waals surface area contributed by atoms with Crippen molar-refractivity contribution in [1.29, 1.82) is 0 Å². The molecule has 26 heavy (non-hydrogen) atoms. The minimum atomic E-state index is -3.12. The van der Waals surface area contributed by atoms with Crippen LogP contribution in [0.1, 0.15) is 51.1 Å². The van der Waals surface area contributed by atoms with Gasteiger partial charge in [0.2, 0.25) is 10.0 Å². The van der Waals surface area contributed by atoms with Crippen LogP contribution in [0.5, 0.6) is 0 Å². The van der Waals surface area contributed by atoms with Crippen molar-refractivity contribution in [2.75, 3.05) is 32.4 Å². The van der Waals surface area contributed by atoms with E-state index in [0.717, 1.165) is 36.4 Å². The lowest BCUT2D eigenvalue weighted by atomic mass is 10.1. The number of hydrogen-bond acceptors (Lipinski definition) is 5. The predicted octanol–water partition coefficient (Wildman–Crippen LogP) is 1.53. The first-order valence-corrected chi connectivity index (χ1v) is 10.9. The summed E-state index contributed by atoms with van der Waals surface area (Å²) in [5, 5.41) is 10.6. The van der Waals surface area contributed by atoms with Crippen molar-refractivity contribution in [3.8, 4) is 0 Å². The van der Waals surface area contributed by atoms with E-state index >= 15 is 0 Å². The first-order valence-electron chi connectivity index (χ1n) is 9.31. The van der Waals surface area contributed by atoms with Crippen molar-refractivity contribution < 1.29 is 12.9 Å². The summed E-state index contributed by atoms with van der Waals surface area (Å²) < 4.78 is 30.3. The summed E-state index contributed by atoms with van der Waals surface area (Å²) in [6.07, 6.45) is 2.31. The molecule has 0 bridgehead atoms. The smallest absolute Gasteiger partial charge is 0.213 e. The fraction of sp³-hybridized carbons (Fsp3) is 0.765. The Morgan fingerprint density at radius 3 is 2.50 bits per heavy atom. The summed E-state index contributed by atoms with van der Waals surface area (Å²) in [5.41, 5.74) is 2.01. The molecule has 1 aromatic heterocycles. The van der Waals surface area contributed by atoms with Crippen LogP contribution in [0.25, 0.3) is 0 Å². The van der Waals surface area contributed by atoms with Gasteiger partial charge >= 0.3 is 0 Å². The number of guanidine groups is 1. The maximum absolute atomic E-state index is 11.7. The highest BCUT2D eigenvalue weighted by Gasteiger charge is 2.15. The lowest BCUT2D eigenvalue weighted by molar-refractivity contribution is 0.380. The van der Waals surface area contributed by atoms with Crippen LogP contribution in [0.4, 0.5) is 0 Å². The molecule has 0 fully saturated rings. The number of sulfonamides is 1. The normalized spacial score (nSPS) is 12.6. The number of hydrogen-bond donors (Lipinski definition) is 2. The van der Waals surface area contributed by atoms with Gasteiger partial charge in [0.25, 0.3) is 0 Å². The van der Waals surface area contributed by atoms with E-state index in [1.807, 2.05) is 13.8 Å². The Balaban J connectivity index is 2.61. The Hall–Kier alpha value is -1.61. The summed E-state index contributed by atoms with van der Waals surface area (Å²) in [6, 6.07) is 0. The largest absolute Gasteiger partial charge is 0.361 e. The molecule has 150 valence electrons. The quantitative estimate of drug-likeness (QED) is 0.339. The number of rotatable bonds is 11. The summed E-state index contributed by atoms with van der Waals surface area (Å²) in [5.74, 6) is 1.71. The lowest BCUT2D eigenvalue weighted by Crippen LogP contribution is -2.39. The van der Waals surface area contributed by atoms with Crippen molar-refractivity contribution in [2.24, 2.45) is 4.99 Å². The topological polar surface area (TPSA) is 99.8 Å². The van der Waals surface area contributed by atoms with E-state index in [1.165, 1.54) is 4.31 Å². The van der Waals surface area contributed by atoms with Gasteiger partial charge in [-0.2, -0.15) is 0 Å². The molecule has 0 spiro atoms. The Labute approximate surface area is 157 Å². The average molecular weight is 388 g/mol. The maximum atomic E-state index is 11.7. The fourth-order valence-corrected chi connectivity index (χ4v) is 3.33. The van der Waals surface area contributed by atoms with E-state index in [9.17, 15) is 8.42 Å². The molecule has 1 heterocycles. The molecule has 0 amide bonds. The van der Waals surface area contributed by atoms with Crippen LogP contribution in [0.3, 0.4) is 0 Å². The second-order valence-corrected chi connectivity index (χ2v) is 8.30. The fourth-order valence-electron chi connectivity index (χ4n) is 2.48. The minimum Gasteiger partial charge on any atom is -0.361 e. The summed E-state index contributed by atoms with van der Waals surface area (Å²) in [7, 11) is -1.51. The predicted molar refractivity (Wildman–Crippen MR) is 105 cm³/mol. The van der Waals surface area contributed by atoms with E-state index in [-0.39, 0.29) is 5.75 Å². The van der Waals surface area contributed by atoms with E-state index in [2.05, 4.69) is 27.7 Å².